The minimum Gasteiger partial charge on any atom is -0.348 e. The molecule has 92 valence electrons. The monoisotopic (exact) mass is 244 g/mol. The van der Waals surface area contributed by atoms with E-state index < -0.39 is 11.7 Å². The smallest absolute Gasteiger partial charge is 0.254 e. The van der Waals surface area contributed by atoms with Crippen molar-refractivity contribution in [2.24, 2.45) is 0 Å². The number of pyridine rings is 1. The van der Waals surface area contributed by atoms with E-state index in [0.717, 1.165) is 11.1 Å². The highest BCUT2D eigenvalue weighted by Gasteiger charge is 2.10. The van der Waals surface area contributed by atoms with Gasteiger partial charge in [-0.25, -0.2) is 4.39 Å². The molecule has 0 spiro atoms. The van der Waals surface area contributed by atoms with E-state index in [4.69, 9.17) is 0 Å². The highest BCUT2D eigenvalue weighted by molar-refractivity contribution is 5.94. The molecule has 1 amide bonds. The molecule has 0 bridgehead atoms. The van der Waals surface area contributed by atoms with Crippen LogP contribution in [0.25, 0.3) is 0 Å². The lowest BCUT2D eigenvalue weighted by atomic mass is 10.1. The molecule has 0 fully saturated rings. The van der Waals surface area contributed by atoms with Gasteiger partial charge in [0.15, 0.2) is 0 Å². The van der Waals surface area contributed by atoms with Crippen molar-refractivity contribution in [3.63, 3.8) is 0 Å². The molecule has 1 heterocycles. The van der Waals surface area contributed by atoms with Gasteiger partial charge in [0.1, 0.15) is 5.82 Å². The van der Waals surface area contributed by atoms with Gasteiger partial charge in [-0.3, -0.25) is 9.78 Å². The zero-order valence-electron chi connectivity index (χ0n) is 9.98. The van der Waals surface area contributed by atoms with E-state index >= 15 is 0 Å². The highest BCUT2D eigenvalue weighted by Crippen LogP contribution is 2.09. The van der Waals surface area contributed by atoms with Crippen molar-refractivity contribution in [2.75, 3.05) is 0 Å². The Labute approximate surface area is 105 Å². The summed E-state index contributed by atoms with van der Waals surface area (Å²) in [7, 11) is 0. The molecule has 0 aliphatic heterocycles. The number of hydrogen-bond donors (Lipinski definition) is 1. The number of hydrogen-bond acceptors (Lipinski definition) is 2. The second kappa shape index (κ2) is 5.40. The van der Waals surface area contributed by atoms with E-state index in [-0.39, 0.29) is 5.56 Å². The summed E-state index contributed by atoms with van der Waals surface area (Å²) >= 11 is 0. The lowest BCUT2D eigenvalue weighted by molar-refractivity contribution is 0.0947. The Bertz CT molecular complexity index is 555. The molecule has 0 saturated carbocycles. The third-order valence-electron chi connectivity index (χ3n) is 2.55. The SMILES string of the molecule is Cc1ccc(C(=O)NCc2cccnc2)c(F)c1. The van der Waals surface area contributed by atoms with Gasteiger partial charge in [0, 0.05) is 18.9 Å². The number of benzene rings is 1. The summed E-state index contributed by atoms with van der Waals surface area (Å²) in [4.78, 5) is 15.7. The summed E-state index contributed by atoms with van der Waals surface area (Å²) in [6.07, 6.45) is 3.32. The molecular formula is C14H13FN2O. The Morgan fingerprint density at radius 2 is 2.22 bits per heavy atom. The fourth-order valence-electron chi connectivity index (χ4n) is 1.58. The molecule has 0 aliphatic carbocycles. The molecule has 0 aliphatic rings. The zero-order valence-corrected chi connectivity index (χ0v) is 9.98. The maximum atomic E-state index is 13.6. The van der Waals surface area contributed by atoms with E-state index in [1.165, 1.54) is 12.1 Å². The van der Waals surface area contributed by atoms with Crippen LogP contribution in [-0.2, 0) is 6.54 Å². The van der Waals surface area contributed by atoms with Gasteiger partial charge < -0.3 is 5.32 Å². The first-order chi connectivity index (χ1) is 8.66. The van der Waals surface area contributed by atoms with Crippen molar-refractivity contribution < 1.29 is 9.18 Å². The van der Waals surface area contributed by atoms with Crippen LogP contribution in [0.3, 0.4) is 0 Å². The van der Waals surface area contributed by atoms with Crippen LogP contribution in [0.4, 0.5) is 4.39 Å². The first kappa shape index (κ1) is 12.2. The van der Waals surface area contributed by atoms with E-state index in [1.807, 2.05) is 6.07 Å². The molecule has 4 heteroatoms. The number of nitrogens with zero attached hydrogens (tertiary/aromatic N) is 1. The van der Waals surface area contributed by atoms with Gasteiger partial charge in [-0.2, -0.15) is 0 Å². The molecular weight excluding hydrogens is 231 g/mol. The molecule has 1 aromatic carbocycles. The van der Waals surface area contributed by atoms with Crippen molar-refractivity contribution in [3.8, 4) is 0 Å². The van der Waals surface area contributed by atoms with Crippen LogP contribution in [0.5, 0.6) is 0 Å². The summed E-state index contributed by atoms with van der Waals surface area (Å²) < 4.78 is 13.6. The third kappa shape index (κ3) is 2.91. The minimum absolute atomic E-state index is 0.0597. The molecule has 18 heavy (non-hydrogen) atoms. The van der Waals surface area contributed by atoms with Gasteiger partial charge in [0.2, 0.25) is 0 Å². The highest BCUT2D eigenvalue weighted by atomic mass is 19.1. The summed E-state index contributed by atoms with van der Waals surface area (Å²) in [5.74, 6) is -0.921. The molecule has 0 unspecified atom stereocenters. The van der Waals surface area contributed by atoms with Crippen LogP contribution in [0, 0.1) is 12.7 Å². The molecule has 3 nitrogen and oxygen atoms in total. The minimum atomic E-state index is -0.501. The molecule has 0 saturated heterocycles. The Hall–Kier alpha value is -2.23. The maximum absolute atomic E-state index is 13.6. The Morgan fingerprint density at radius 1 is 1.39 bits per heavy atom. The van der Waals surface area contributed by atoms with Crippen LogP contribution in [0.1, 0.15) is 21.5 Å². The van der Waals surface area contributed by atoms with Crippen LogP contribution < -0.4 is 5.32 Å². The van der Waals surface area contributed by atoms with E-state index in [2.05, 4.69) is 10.3 Å². The summed E-state index contributed by atoms with van der Waals surface area (Å²) in [6, 6.07) is 8.18. The molecule has 0 atom stereocenters. The number of halogens is 1. The molecule has 2 rings (SSSR count). The van der Waals surface area contributed by atoms with Gasteiger partial charge >= 0.3 is 0 Å². The molecule has 1 N–H and O–H groups in total. The lowest BCUT2D eigenvalue weighted by Crippen LogP contribution is -2.23. The molecule has 0 radical (unpaired) electrons. The maximum Gasteiger partial charge on any atom is 0.254 e. The fraction of sp³-hybridized carbons (Fsp3) is 0.143. The predicted molar refractivity (Wildman–Crippen MR) is 66.5 cm³/mol. The van der Waals surface area contributed by atoms with Crippen molar-refractivity contribution in [2.45, 2.75) is 13.5 Å². The van der Waals surface area contributed by atoms with Gasteiger partial charge in [0.25, 0.3) is 5.91 Å². The van der Waals surface area contributed by atoms with Gasteiger partial charge in [-0.15, -0.1) is 0 Å². The number of aryl methyl sites for hydroxylation is 1. The first-order valence-electron chi connectivity index (χ1n) is 5.60. The summed E-state index contributed by atoms with van der Waals surface area (Å²) in [5, 5.41) is 2.66. The van der Waals surface area contributed by atoms with E-state index in [9.17, 15) is 9.18 Å². The van der Waals surface area contributed by atoms with Gasteiger partial charge in [-0.05, 0) is 36.2 Å². The number of amides is 1. The van der Waals surface area contributed by atoms with Crippen molar-refractivity contribution in [3.05, 3.63) is 65.2 Å². The summed E-state index contributed by atoms with van der Waals surface area (Å²) in [6.45, 7) is 2.11. The van der Waals surface area contributed by atoms with Crippen molar-refractivity contribution in [1.82, 2.24) is 10.3 Å². The normalized spacial score (nSPS) is 10.1. The molecule has 2 aromatic rings. The summed E-state index contributed by atoms with van der Waals surface area (Å²) in [5.41, 5.74) is 1.72. The van der Waals surface area contributed by atoms with Crippen LogP contribution >= 0.6 is 0 Å². The Morgan fingerprint density at radius 3 is 2.89 bits per heavy atom. The van der Waals surface area contributed by atoms with Crippen molar-refractivity contribution in [1.29, 1.82) is 0 Å². The van der Waals surface area contributed by atoms with Crippen LogP contribution in [0.2, 0.25) is 0 Å². The zero-order chi connectivity index (χ0) is 13.0. The second-order valence-electron chi connectivity index (χ2n) is 4.03. The van der Waals surface area contributed by atoms with E-state index in [1.54, 1.807) is 31.5 Å². The van der Waals surface area contributed by atoms with Crippen molar-refractivity contribution >= 4 is 5.91 Å². The standard InChI is InChI=1S/C14H13FN2O/c1-10-4-5-12(13(15)7-10)14(18)17-9-11-3-2-6-16-8-11/h2-8H,9H2,1H3,(H,17,18). The molecule has 1 aromatic heterocycles. The number of carbonyl (C=O) groups is 1. The number of rotatable bonds is 3. The Kier molecular flexibility index (Phi) is 3.67. The fourth-order valence-corrected chi connectivity index (χ4v) is 1.58. The number of carbonyl (C=O) groups excluding carboxylic acids is 1. The topological polar surface area (TPSA) is 42.0 Å². The van der Waals surface area contributed by atoms with Gasteiger partial charge in [0.05, 0.1) is 5.56 Å². The van der Waals surface area contributed by atoms with Crippen LogP contribution in [-0.4, -0.2) is 10.9 Å². The van der Waals surface area contributed by atoms with Crippen LogP contribution in [0.15, 0.2) is 42.7 Å². The Balaban J connectivity index is 2.04. The largest absolute Gasteiger partial charge is 0.348 e. The van der Waals surface area contributed by atoms with Gasteiger partial charge in [-0.1, -0.05) is 12.1 Å². The average molecular weight is 244 g/mol. The predicted octanol–water partition coefficient (Wildman–Crippen LogP) is 2.46. The third-order valence-corrected chi connectivity index (χ3v) is 2.55. The number of aromatic nitrogens is 1. The average Bonchev–Trinajstić information content (AvgIpc) is 2.37. The number of nitrogens with one attached hydrogen (secondary N) is 1. The second-order valence-corrected chi connectivity index (χ2v) is 4.03. The quantitative estimate of drug-likeness (QED) is 0.901. The van der Waals surface area contributed by atoms with E-state index in [0.29, 0.717) is 6.54 Å². The first-order valence-corrected chi connectivity index (χ1v) is 5.60. The lowest BCUT2D eigenvalue weighted by Gasteiger charge is -2.06.